The van der Waals surface area contributed by atoms with Gasteiger partial charge in [0.1, 0.15) is 0 Å². The highest BCUT2D eigenvalue weighted by Gasteiger charge is 2.46. The van der Waals surface area contributed by atoms with Crippen LogP contribution in [0.4, 0.5) is 0 Å². The molecule has 2 N–H and O–H groups in total. The predicted molar refractivity (Wildman–Crippen MR) is 83.1 cm³/mol. The Morgan fingerprint density at radius 2 is 1.89 bits per heavy atom. The molecule has 1 amide bonds. The molecule has 5 heteroatoms. The summed E-state index contributed by atoms with van der Waals surface area (Å²) in [6, 6.07) is 0.180. The number of thiocarbonyl (C=S) groups is 1. The normalized spacial score (nSPS) is 19.4. The Morgan fingerprint density at radius 1 is 1.37 bits per heavy atom. The Kier molecular flexibility index (Phi) is 5.74. The molecule has 1 aliphatic rings. The standard InChI is InChI=1S/C14H27N3OS/c1-5-17(11(2)10-16(3)4)13(18)14(12(15)19)8-6-7-9-14/h11H,5-10H2,1-4H3,(H2,15,19). The predicted octanol–water partition coefficient (Wildman–Crippen LogP) is 1.63. The summed E-state index contributed by atoms with van der Waals surface area (Å²) in [5.41, 5.74) is 5.32. The molecule has 0 saturated heterocycles. The van der Waals surface area contributed by atoms with E-state index in [1.165, 1.54) is 0 Å². The SMILES string of the molecule is CCN(C(=O)C1(C(N)=S)CCCC1)C(C)CN(C)C. The first-order chi connectivity index (χ1) is 8.85. The second-order valence-electron chi connectivity index (χ2n) is 5.86. The Labute approximate surface area is 122 Å². The summed E-state index contributed by atoms with van der Waals surface area (Å²) < 4.78 is 0. The minimum atomic E-state index is -0.577. The third-order valence-electron chi connectivity index (χ3n) is 4.10. The van der Waals surface area contributed by atoms with Crippen molar-refractivity contribution in [1.82, 2.24) is 9.80 Å². The average molecular weight is 285 g/mol. The summed E-state index contributed by atoms with van der Waals surface area (Å²) in [4.78, 5) is 17.3. The Bertz CT molecular complexity index is 338. The number of hydrogen-bond acceptors (Lipinski definition) is 3. The molecule has 0 aromatic carbocycles. The molecule has 0 radical (unpaired) electrons. The van der Waals surface area contributed by atoms with Crippen LogP contribution in [0.3, 0.4) is 0 Å². The minimum absolute atomic E-state index is 0.134. The quantitative estimate of drug-likeness (QED) is 0.754. The number of rotatable bonds is 6. The highest BCUT2D eigenvalue weighted by Crippen LogP contribution is 2.40. The number of hydrogen-bond donors (Lipinski definition) is 1. The second kappa shape index (κ2) is 6.66. The number of likely N-dealkylation sites (N-methyl/N-ethyl adjacent to an activating group) is 2. The number of nitrogens with zero attached hydrogens (tertiary/aromatic N) is 2. The zero-order valence-corrected chi connectivity index (χ0v) is 13.4. The van der Waals surface area contributed by atoms with Gasteiger partial charge in [-0.3, -0.25) is 4.79 Å². The third kappa shape index (κ3) is 3.45. The van der Waals surface area contributed by atoms with Crippen LogP contribution >= 0.6 is 12.2 Å². The fourth-order valence-corrected chi connectivity index (χ4v) is 3.39. The summed E-state index contributed by atoms with van der Waals surface area (Å²) in [7, 11) is 4.04. The van der Waals surface area contributed by atoms with E-state index in [4.69, 9.17) is 18.0 Å². The summed E-state index contributed by atoms with van der Waals surface area (Å²) >= 11 is 5.21. The lowest BCUT2D eigenvalue weighted by molar-refractivity contribution is -0.140. The third-order valence-corrected chi connectivity index (χ3v) is 4.49. The molecule has 1 unspecified atom stereocenters. The maximum Gasteiger partial charge on any atom is 0.235 e. The van der Waals surface area contributed by atoms with Crippen LogP contribution in [-0.2, 0) is 4.79 Å². The molecule has 0 aromatic heterocycles. The van der Waals surface area contributed by atoms with Crippen molar-refractivity contribution in [3.8, 4) is 0 Å². The molecule has 4 nitrogen and oxygen atoms in total. The molecule has 110 valence electrons. The maximum absolute atomic E-state index is 12.9. The van der Waals surface area contributed by atoms with Crippen LogP contribution in [0, 0.1) is 5.41 Å². The van der Waals surface area contributed by atoms with Crippen LogP contribution in [0.2, 0.25) is 0 Å². The van der Waals surface area contributed by atoms with E-state index in [0.717, 1.165) is 32.2 Å². The molecule has 0 aliphatic heterocycles. The van der Waals surface area contributed by atoms with Gasteiger partial charge in [0, 0.05) is 19.1 Å². The van der Waals surface area contributed by atoms with Gasteiger partial charge in [0.25, 0.3) is 0 Å². The largest absolute Gasteiger partial charge is 0.392 e. The second-order valence-corrected chi connectivity index (χ2v) is 6.30. The summed E-state index contributed by atoms with van der Waals surface area (Å²) in [6.07, 6.45) is 3.71. The van der Waals surface area contributed by atoms with Crippen LogP contribution in [0.1, 0.15) is 39.5 Å². The van der Waals surface area contributed by atoms with E-state index in [0.29, 0.717) is 11.5 Å². The first kappa shape index (κ1) is 16.4. The molecule has 19 heavy (non-hydrogen) atoms. The van der Waals surface area contributed by atoms with E-state index in [1.807, 2.05) is 25.9 Å². The number of amides is 1. The van der Waals surface area contributed by atoms with E-state index in [2.05, 4.69) is 11.8 Å². The van der Waals surface area contributed by atoms with Crippen molar-refractivity contribution in [3.05, 3.63) is 0 Å². The zero-order chi connectivity index (χ0) is 14.6. The minimum Gasteiger partial charge on any atom is -0.392 e. The molecule has 1 rings (SSSR count). The Hall–Kier alpha value is -0.680. The van der Waals surface area contributed by atoms with Crippen molar-refractivity contribution in [2.45, 2.75) is 45.6 Å². The highest BCUT2D eigenvalue weighted by atomic mass is 32.1. The van der Waals surface area contributed by atoms with Gasteiger partial charge in [-0.05, 0) is 40.8 Å². The lowest BCUT2D eigenvalue weighted by atomic mass is 9.84. The van der Waals surface area contributed by atoms with Gasteiger partial charge in [0.15, 0.2) is 0 Å². The van der Waals surface area contributed by atoms with Gasteiger partial charge in [-0.15, -0.1) is 0 Å². The molecular formula is C14H27N3OS. The summed E-state index contributed by atoms with van der Waals surface area (Å²) in [5, 5.41) is 0. The number of carbonyl (C=O) groups excluding carboxylic acids is 1. The lowest BCUT2D eigenvalue weighted by Crippen LogP contribution is -2.53. The van der Waals surface area contributed by atoms with E-state index >= 15 is 0 Å². The molecule has 1 fully saturated rings. The first-order valence-corrected chi connectivity index (χ1v) is 7.51. The Balaban J connectivity index is 2.90. The fourth-order valence-electron chi connectivity index (χ4n) is 3.10. The van der Waals surface area contributed by atoms with Gasteiger partial charge >= 0.3 is 0 Å². The number of carbonyl (C=O) groups is 1. The molecule has 0 spiro atoms. The monoisotopic (exact) mass is 285 g/mol. The molecule has 1 saturated carbocycles. The number of nitrogens with two attached hydrogens (primary N) is 1. The van der Waals surface area contributed by atoms with Crippen molar-refractivity contribution < 1.29 is 4.79 Å². The summed E-state index contributed by atoms with van der Waals surface area (Å²) in [6.45, 7) is 5.67. The molecule has 0 heterocycles. The van der Waals surface area contributed by atoms with E-state index in [9.17, 15) is 4.79 Å². The Morgan fingerprint density at radius 3 is 2.26 bits per heavy atom. The van der Waals surface area contributed by atoms with E-state index in [1.54, 1.807) is 0 Å². The lowest BCUT2D eigenvalue weighted by Gasteiger charge is -2.37. The van der Waals surface area contributed by atoms with E-state index in [-0.39, 0.29) is 11.9 Å². The van der Waals surface area contributed by atoms with Crippen molar-refractivity contribution in [2.75, 3.05) is 27.2 Å². The topological polar surface area (TPSA) is 49.6 Å². The van der Waals surface area contributed by atoms with Gasteiger partial charge in [-0.25, -0.2) is 0 Å². The highest BCUT2D eigenvalue weighted by molar-refractivity contribution is 7.80. The van der Waals surface area contributed by atoms with Gasteiger partial charge in [0.2, 0.25) is 5.91 Å². The van der Waals surface area contributed by atoms with Crippen molar-refractivity contribution in [1.29, 1.82) is 0 Å². The van der Waals surface area contributed by atoms with Crippen LogP contribution < -0.4 is 5.73 Å². The fraction of sp³-hybridized carbons (Fsp3) is 0.857. The maximum atomic E-state index is 12.9. The summed E-state index contributed by atoms with van der Waals surface area (Å²) in [5.74, 6) is 0.134. The van der Waals surface area contributed by atoms with Gasteiger partial charge in [0.05, 0.1) is 10.4 Å². The molecule has 1 atom stereocenters. The van der Waals surface area contributed by atoms with Gasteiger partial charge in [-0.2, -0.15) is 0 Å². The van der Waals surface area contributed by atoms with Crippen LogP contribution in [0.25, 0.3) is 0 Å². The first-order valence-electron chi connectivity index (χ1n) is 7.11. The van der Waals surface area contributed by atoms with Crippen LogP contribution in [0.5, 0.6) is 0 Å². The molecule has 1 aliphatic carbocycles. The molecular weight excluding hydrogens is 258 g/mol. The van der Waals surface area contributed by atoms with E-state index < -0.39 is 5.41 Å². The zero-order valence-electron chi connectivity index (χ0n) is 12.6. The van der Waals surface area contributed by atoms with Crippen molar-refractivity contribution >= 4 is 23.1 Å². The van der Waals surface area contributed by atoms with Crippen molar-refractivity contribution in [3.63, 3.8) is 0 Å². The van der Waals surface area contributed by atoms with Gasteiger partial charge < -0.3 is 15.5 Å². The van der Waals surface area contributed by atoms with Crippen molar-refractivity contribution in [2.24, 2.45) is 11.1 Å². The van der Waals surface area contributed by atoms with Crippen LogP contribution in [0.15, 0.2) is 0 Å². The van der Waals surface area contributed by atoms with Crippen LogP contribution in [-0.4, -0.2) is 53.9 Å². The smallest absolute Gasteiger partial charge is 0.235 e. The molecule has 0 bridgehead atoms. The average Bonchev–Trinajstić information content (AvgIpc) is 2.78. The molecule has 0 aromatic rings. The van der Waals surface area contributed by atoms with Gasteiger partial charge in [-0.1, -0.05) is 25.1 Å².